The van der Waals surface area contributed by atoms with E-state index in [1.165, 1.54) is 11.1 Å². The van der Waals surface area contributed by atoms with Gasteiger partial charge in [-0.3, -0.25) is 14.6 Å². The largest absolute Gasteiger partial charge is 0.481 e. The van der Waals surface area contributed by atoms with E-state index < -0.39 is 17.5 Å². The molecule has 50 heavy (non-hydrogen) atoms. The number of pyridine rings is 1. The van der Waals surface area contributed by atoms with Crippen LogP contribution < -0.4 is 0 Å². The summed E-state index contributed by atoms with van der Waals surface area (Å²) in [6, 6.07) is 26.8. The van der Waals surface area contributed by atoms with E-state index in [0.717, 1.165) is 77.8 Å². The molecule has 2 aliphatic carbocycles. The van der Waals surface area contributed by atoms with Crippen LogP contribution in [0, 0.1) is 10.8 Å². The summed E-state index contributed by atoms with van der Waals surface area (Å²) in [5.41, 5.74) is 5.02. The molecule has 0 amide bonds. The van der Waals surface area contributed by atoms with Crippen molar-refractivity contribution in [2.45, 2.75) is 87.7 Å². The highest BCUT2D eigenvalue weighted by Gasteiger charge is 2.45. The maximum atomic E-state index is 11.7. The molecule has 2 atom stereocenters. The quantitative estimate of drug-likeness (QED) is 0.0928. The lowest BCUT2D eigenvalue weighted by molar-refractivity contribution is -0.139. The first-order chi connectivity index (χ1) is 23.8. The number of fused-ring (bicyclic) bond motifs is 1. The third kappa shape index (κ3) is 9.64. The highest BCUT2D eigenvalue weighted by Crippen LogP contribution is 2.55. The number of aliphatic hydroxyl groups is 1. The first kappa shape index (κ1) is 36.7. The molecule has 264 valence electrons. The maximum absolute atomic E-state index is 11.7. The third-order valence-electron chi connectivity index (χ3n) is 10.3. The predicted octanol–water partition coefficient (Wildman–Crippen LogP) is 10.0. The van der Waals surface area contributed by atoms with E-state index in [2.05, 4.69) is 42.5 Å². The first-order valence-corrected chi connectivity index (χ1v) is 19.9. The number of aliphatic carboxylic acids is 2. The van der Waals surface area contributed by atoms with Crippen molar-refractivity contribution in [2.24, 2.45) is 10.8 Å². The molecule has 0 bridgehead atoms. The second-order valence-corrected chi connectivity index (χ2v) is 17.8. The number of carbonyl (C=O) groups is 2. The number of hydrogen-bond donors (Lipinski definition) is 3. The third-order valence-corrected chi connectivity index (χ3v) is 13.8. The van der Waals surface area contributed by atoms with Crippen molar-refractivity contribution in [1.82, 2.24) is 4.98 Å². The van der Waals surface area contributed by atoms with Crippen LogP contribution in [-0.4, -0.2) is 43.7 Å². The Morgan fingerprint density at radius 3 is 2.04 bits per heavy atom. The number of aryl methyl sites for hydroxylation is 1. The number of carboxylic acid groups (broad SMARTS) is 2. The van der Waals surface area contributed by atoms with Crippen LogP contribution in [0.15, 0.2) is 78.9 Å². The summed E-state index contributed by atoms with van der Waals surface area (Å²) >= 11 is 10.00. The number of hydrogen-bond acceptors (Lipinski definition) is 6. The average molecular weight is 732 g/mol. The lowest BCUT2D eigenvalue weighted by Crippen LogP contribution is -2.18. The molecule has 6 nitrogen and oxygen atoms in total. The molecule has 0 unspecified atom stereocenters. The topological polar surface area (TPSA) is 108 Å². The van der Waals surface area contributed by atoms with Crippen LogP contribution >= 0.6 is 35.1 Å². The van der Waals surface area contributed by atoms with Crippen LogP contribution in [0.4, 0.5) is 0 Å². The molecule has 2 saturated carbocycles. The number of thioether (sulfide) groups is 2. The molecule has 4 aromatic rings. The van der Waals surface area contributed by atoms with Crippen molar-refractivity contribution in [3.8, 4) is 0 Å². The zero-order valence-electron chi connectivity index (χ0n) is 28.7. The summed E-state index contributed by atoms with van der Waals surface area (Å²) in [5, 5.41) is 32.0. The highest BCUT2D eigenvalue weighted by atomic mass is 35.5. The van der Waals surface area contributed by atoms with Crippen molar-refractivity contribution < 1.29 is 24.9 Å². The molecule has 0 aliphatic heterocycles. The van der Waals surface area contributed by atoms with E-state index >= 15 is 0 Å². The molecule has 0 radical (unpaired) electrons. The van der Waals surface area contributed by atoms with Gasteiger partial charge < -0.3 is 15.3 Å². The Kier molecular flexibility index (Phi) is 11.2. The lowest BCUT2D eigenvalue weighted by atomic mass is 9.90. The summed E-state index contributed by atoms with van der Waals surface area (Å²) < 4.78 is 0. The fourth-order valence-corrected chi connectivity index (χ4v) is 10.2. The summed E-state index contributed by atoms with van der Waals surface area (Å²) in [5.74, 6) is 0.0940. The van der Waals surface area contributed by atoms with E-state index in [9.17, 15) is 24.9 Å². The minimum Gasteiger partial charge on any atom is -0.481 e. The Labute approximate surface area is 308 Å². The van der Waals surface area contributed by atoms with Gasteiger partial charge in [0, 0.05) is 44.5 Å². The van der Waals surface area contributed by atoms with Gasteiger partial charge in [-0.25, -0.2) is 0 Å². The van der Waals surface area contributed by atoms with Crippen molar-refractivity contribution in [2.75, 3.05) is 11.5 Å². The SMILES string of the molecule is CC(C)(O)c1ccccc1CC[C@@H](SCC1(CC(=O)O)CC1)c1cccc([C@H](Cc2ccc3ccc(Cl)cc3n2)SCC2(CC(=O)O)CC2)c1. The van der Waals surface area contributed by atoms with Gasteiger partial charge in [0.25, 0.3) is 0 Å². The highest BCUT2D eigenvalue weighted by molar-refractivity contribution is 7.99. The van der Waals surface area contributed by atoms with Crippen LogP contribution in [-0.2, 0) is 28.0 Å². The minimum atomic E-state index is -0.954. The predicted molar refractivity (Wildman–Crippen MR) is 205 cm³/mol. The maximum Gasteiger partial charge on any atom is 0.303 e. The van der Waals surface area contributed by atoms with Crippen LogP contribution in [0.2, 0.25) is 5.02 Å². The van der Waals surface area contributed by atoms with Gasteiger partial charge in [0.2, 0.25) is 0 Å². The molecule has 1 heterocycles. The van der Waals surface area contributed by atoms with Crippen molar-refractivity contribution in [3.63, 3.8) is 0 Å². The van der Waals surface area contributed by atoms with Gasteiger partial charge in [-0.05, 0) is 104 Å². The summed E-state index contributed by atoms with van der Waals surface area (Å²) in [4.78, 5) is 28.4. The molecule has 3 N–H and O–H groups in total. The van der Waals surface area contributed by atoms with Crippen LogP contribution in [0.25, 0.3) is 10.9 Å². The number of carboxylic acids is 2. The summed E-state index contributed by atoms with van der Waals surface area (Å²) in [6.45, 7) is 3.65. The number of rotatable bonds is 18. The number of benzene rings is 3. The van der Waals surface area contributed by atoms with Gasteiger partial charge in [-0.2, -0.15) is 23.5 Å². The standard InChI is InChI=1S/C41H46ClNO5S2/c1-39(2,48)33-9-4-3-6-27(33)12-15-35(49-25-40(16-17-40)23-37(44)45)29-7-5-8-30(20-29)36(50-26-41(18-19-41)24-38(46)47)22-32-14-11-28-10-13-31(42)21-34(28)43-32/h3-11,13-14,20-21,35-36,48H,12,15-19,22-26H2,1-2H3,(H,44,45)(H,46,47)/t35-,36+/m1/s1. The molecule has 1 aromatic heterocycles. The second kappa shape index (κ2) is 15.3. The Morgan fingerprint density at radius 1 is 0.820 bits per heavy atom. The summed E-state index contributed by atoms with van der Waals surface area (Å²) in [7, 11) is 0. The van der Waals surface area contributed by atoms with Gasteiger partial charge >= 0.3 is 11.9 Å². The molecule has 2 aliphatic rings. The van der Waals surface area contributed by atoms with Crippen LogP contribution in [0.5, 0.6) is 0 Å². The van der Waals surface area contributed by atoms with Gasteiger partial charge in [0.05, 0.1) is 24.0 Å². The fourth-order valence-electron chi connectivity index (χ4n) is 6.93. The van der Waals surface area contributed by atoms with E-state index in [-0.39, 0.29) is 34.2 Å². The molecule has 9 heteroatoms. The zero-order valence-corrected chi connectivity index (χ0v) is 31.1. The molecule has 0 spiro atoms. The monoisotopic (exact) mass is 731 g/mol. The number of halogens is 1. The van der Waals surface area contributed by atoms with E-state index in [0.29, 0.717) is 11.4 Å². The van der Waals surface area contributed by atoms with Gasteiger partial charge in [-0.15, -0.1) is 0 Å². The van der Waals surface area contributed by atoms with Crippen molar-refractivity contribution in [3.05, 3.63) is 112 Å². The molecule has 0 saturated heterocycles. The Bertz CT molecular complexity index is 1850. The number of aromatic nitrogens is 1. The van der Waals surface area contributed by atoms with E-state index in [4.69, 9.17) is 16.6 Å². The first-order valence-electron chi connectivity index (χ1n) is 17.4. The molecule has 6 rings (SSSR count). The Hall–Kier alpha value is -3.04. The zero-order chi connectivity index (χ0) is 35.5. The lowest BCUT2D eigenvalue weighted by Gasteiger charge is -2.25. The Balaban J connectivity index is 1.29. The normalized spacial score (nSPS) is 17.3. The number of nitrogens with zero attached hydrogens (tertiary/aromatic N) is 1. The van der Waals surface area contributed by atoms with Crippen molar-refractivity contribution >= 4 is 58.0 Å². The fraction of sp³-hybridized carbons (Fsp3) is 0.439. The van der Waals surface area contributed by atoms with Crippen LogP contribution in [0.1, 0.15) is 97.2 Å². The minimum absolute atomic E-state index is 0.0636. The molecule has 3 aromatic carbocycles. The molecular weight excluding hydrogens is 686 g/mol. The Morgan fingerprint density at radius 2 is 1.42 bits per heavy atom. The average Bonchev–Trinajstić information content (AvgIpc) is 4.00. The smallest absolute Gasteiger partial charge is 0.303 e. The van der Waals surface area contributed by atoms with E-state index in [1.807, 2.05) is 73.8 Å². The van der Waals surface area contributed by atoms with Gasteiger partial charge in [0.1, 0.15) is 0 Å². The van der Waals surface area contributed by atoms with Crippen LogP contribution in [0.3, 0.4) is 0 Å². The van der Waals surface area contributed by atoms with Crippen molar-refractivity contribution in [1.29, 1.82) is 0 Å². The van der Waals surface area contributed by atoms with E-state index in [1.54, 1.807) is 0 Å². The van der Waals surface area contributed by atoms with Gasteiger partial charge in [0.15, 0.2) is 0 Å². The summed E-state index contributed by atoms with van der Waals surface area (Å²) in [6.07, 6.45) is 6.49. The molecular formula is C41H46ClNO5S2. The molecule has 2 fully saturated rings. The second-order valence-electron chi connectivity index (χ2n) is 15.0. The van der Waals surface area contributed by atoms with Gasteiger partial charge in [-0.1, -0.05) is 72.3 Å².